The Morgan fingerprint density at radius 3 is 2.39 bits per heavy atom. The molecule has 0 saturated heterocycles. The van der Waals surface area contributed by atoms with E-state index < -0.39 is 6.03 Å². The average Bonchev–Trinajstić information content (AvgIpc) is 2.69. The summed E-state index contributed by atoms with van der Waals surface area (Å²) in [5.41, 5.74) is 2.60. The van der Waals surface area contributed by atoms with E-state index in [1.54, 1.807) is 7.11 Å². The number of carbonyl (C=O) groups excluding carboxylic acids is 2. The van der Waals surface area contributed by atoms with Gasteiger partial charge in [0.25, 0.3) is 0 Å². The number of ether oxygens (including phenoxy) is 1. The van der Waals surface area contributed by atoms with Gasteiger partial charge in [-0.3, -0.25) is 10.1 Å². The van der Waals surface area contributed by atoms with Crippen molar-refractivity contribution < 1.29 is 14.3 Å². The first-order chi connectivity index (χ1) is 13.5. The summed E-state index contributed by atoms with van der Waals surface area (Å²) in [6, 6.07) is 8.40. The van der Waals surface area contributed by atoms with Crippen molar-refractivity contribution in [3.8, 4) is 0 Å². The Hall–Kier alpha value is -1.92. The number of rotatable bonds is 9. The van der Waals surface area contributed by atoms with E-state index in [2.05, 4.69) is 54.1 Å². The molecule has 2 rings (SSSR count). The lowest BCUT2D eigenvalue weighted by atomic mass is 9.83. The molecule has 28 heavy (non-hydrogen) atoms. The van der Waals surface area contributed by atoms with Crippen LogP contribution in [0.25, 0.3) is 0 Å². The number of hydrogen-bond donors (Lipinski definition) is 3. The van der Waals surface area contributed by atoms with Crippen molar-refractivity contribution in [3.05, 3.63) is 35.4 Å². The summed E-state index contributed by atoms with van der Waals surface area (Å²) in [5.74, 6) is 0.666. The highest BCUT2D eigenvalue weighted by molar-refractivity contribution is 5.95. The normalized spacial score (nSPS) is 16.0. The number of imide groups is 1. The van der Waals surface area contributed by atoms with Crippen LogP contribution in [0.1, 0.15) is 69.0 Å². The van der Waals surface area contributed by atoms with E-state index in [0.29, 0.717) is 25.0 Å². The second kappa shape index (κ2) is 11.8. The smallest absolute Gasteiger partial charge is 0.321 e. The standard InChI is InChI=1S/C22H35N3O3/c1-16(2)21(24-15-20(26)25-22(27)23-13-14-28-3)19-11-9-18(10-12-19)17-7-5-4-6-8-17/h9-12,16-17,21,24H,4-8,13-15H2,1-3H3,(H2,23,25,26,27)/t21-/m1/s1. The van der Waals surface area contributed by atoms with Crippen LogP contribution in [0, 0.1) is 5.92 Å². The molecule has 0 spiro atoms. The van der Waals surface area contributed by atoms with Gasteiger partial charge in [-0.1, -0.05) is 57.4 Å². The minimum Gasteiger partial charge on any atom is -0.383 e. The minimum atomic E-state index is -0.498. The Morgan fingerprint density at radius 2 is 1.79 bits per heavy atom. The maximum absolute atomic E-state index is 12.0. The summed E-state index contributed by atoms with van der Waals surface area (Å²) in [4.78, 5) is 23.7. The van der Waals surface area contributed by atoms with Gasteiger partial charge in [0.15, 0.2) is 0 Å². The SMILES string of the molecule is COCCNC(=O)NC(=O)CN[C@@H](c1ccc(C2CCCCC2)cc1)C(C)C. The first-order valence-corrected chi connectivity index (χ1v) is 10.4. The fourth-order valence-corrected chi connectivity index (χ4v) is 3.83. The molecule has 0 bridgehead atoms. The predicted octanol–water partition coefficient (Wildman–Crippen LogP) is 3.49. The van der Waals surface area contributed by atoms with Gasteiger partial charge in [-0.25, -0.2) is 4.79 Å². The number of hydrogen-bond acceptors (Lipinski definition) is 4. The van der Waals surface area contributed by atoms with Gasteiger partial charge >= 0.3 is 6.03 Å². The van der Waals surface area contributed by atoms with E-state index in [1.807, 2.05) is 0 Å². The predicted molar refractivity (Wildman–Crippen MR) is 111 cm³/mol. The van der Waals surface area contributed by atoms with Crippen LogP contribution in [0.15, 0.2) is 24.3 Å². The van der Waals surface area contributed by atoms with Crippen molar-refractivity contribution in [2.45, 2.75) is 57.9 Å². The quantitative estimate of drug-likeness (QED) is 0.565. The Morgan fingerprint density at radius 1 is 1.11 bits per heavy atom. The van der Waals surface area contributed by atoms with E-state index >= 15 is 0 Å². The maximum atomic E-state index is 12.0. The van der Waals surface area contributed by atoms with Gasteiger partial charge in [-0.15, -0.1) is 0 Å². The van der Waals surface area contributed by atoms with Crippen molar-refractivity contribution in [2.24, 2.45) is 5.92 Å². The summed E-state index contributed by atoms with van der Waals surface area (Å²) in [5, 5.41) is 8.19. The molecule has 3 N–H and O–H groups in total. The molecule has 0 unspecified atom stereocenters. The molecule has 0 heterocycles. The molecule has 1 fully saturated rings. The molecule has 1 aromatic rings. The average molecular weight is 390 g/mol. The van der Waals surface area contributed by atoms with Gasteiger partial charge in [-0.05, 0) is 35.8 Å². The van der Waals surface area contributed by atoms with Crippen molar-refractivity contribution >= 4 is 11.9 Å². The topological polar surface area (TPSA) is 79.5 Å². The highest BCUT2D eigenvalue weighted by Gasteiger charge is 2.19. The number of urea groups is 1. The zero-order chi connectivity index (χ0) is 20.4. The van der Waals surface area contributed by atoms with Crippen LogP contribution in [0.4, 0.5) is 4.79 Å². The molecule has 1 saturated carbocycles. The first-order valence-electron chi connectivity index (χ1n) is 10.4. The Balaban J connectivity index is 1.86. The van der Waals surface area contributed by atoms with Crippen LogP contribution in [0.2, 0.25) is 0 Å². The summed E-state index contributed by atoms with van der Waals surface area (Å²) in [6.07, 6.45) is 6.60. The Bertz CT molecular complexity index is 610. The third-order valence-corrected chi connectivity index (χ3v) is 5.37. The van der Waals surface area contributed by atoms with E-state index in [-0.39, 0.29) is 18.5 Å². The van der Waals surface area contributed by atoms with Gasteiger partial charge in [0.2, 0.25) is 5.91 Å². The largest absolute Gasteiger partial charge is 0.383 e. The Labute approximate surface area is 168 Å². The van der Waals surface area contributed by atoms with Crippen molar-refractivity contribution in [3.63, 3.8) is 0 Å². The summed E-state index contributed by atoms with van der Waals surface area (Å²) in [7, 11) is 1.56. The highest BCUT2D eigenvalue weighted by Crippen LogP contribution is 2.33. The summed E-state index contributed by atoms with van der Waals surface area (Å²) in [6.45, 7) is 5.12. The van der Waals surface area contributed by atoms with Gasteiger partial charge < -0.3 is 15.4 Å². The Kier molecular flexibility index (Phi) is 9.44. The van der Waals surface area contributed by atoms with Gasteiger partial charge in [0, 0.05) is 19.7 Å². The molecule has 1 aromatic carbocycles. The lowest BCUT2D eigenvalue weighted by Gasteiger charge is -2.25. The highest BCUT2D eigenvalue weighted by atomic mass is 16.5. The minimum absolute atomic E-state index is 0.0581. The van der Waals surface area contributed by atoms with E-state index in [4.69, 9.17) is 4.74 Å². The van der Waals surface area contributed by atoms with Crippen LogP contribution in [0.3, 0.4) is 0 Å². The number of benzene rings is 1. The van der Waals surface area contributed by atoms with Crippen molar-refractivity contribution in [1.29, 1.82) is 0 Å². The van der Waals surface area contributed by atoms with Crippen LogP contribution in [-0.2, 0) is 9.53 Å². The fraction of sp³-hybridized carbons (Fsp3) is 0.636. The van der Waals surface area contributed by atoms with Crippen LogP contribution in [-0.4, -0.2) is 38.7 Å². The molecule has 6 nitrogen and oxygen atoms in total. The molecule has 6 heteroatoms. The van der Waals surface area contributed by atoms with Crippen LogP contribution >= 0.6 is 0 Å². The first kappa shape index (κ1) is 22.4. The molecular formula is C22H35N3O3. The van der Waals surface area contributed by atoms with Crippen molar-refractivity contribution in [2.75, 3.05) is 26.8 Å². The molecule has 1 aliphatic rings. The van der Waals surface area contributed by atoms with E-state index in [1.165, 1.54) is 43.2 Å². The van der Waals surface area contributed by atoms with Crippen molar-refractivity contribution in [1.82, 2.24) is 16.0 Å². The van der Waals surface area contributed by atoms with Crippen LogP contribution < -0.4 is 16.0 Å². The van der Waals surface area contributed by atoms with Gasteiger partial charge in [-0.2, -0.15) is 0 Å². The second-order valence-corrected chi connectivity index (χ2v) is 7.90. The summed E-state index contributed by atoms with van der Waals surface area (Å²) >= 11 is 0. The van der Waals surface area contributed by atoms with Gasteiger partial charge in [0.1, 0.15) is 0 Å². The number of methoxy groups -OCH3 is 1. The molecule has 3 amide bonds. The lowest BCUT2D eigenvalue weighted by molar-refractivity contribution is -0.119. The number of carbonyl (C=O) groups is 2. The number of nitrogens with one attached hydrogen (secondary N) is 3. The molecule has 1 atom stereocenters. The molecule has 156 valence electrons. The van der Waals surface area contributed by atoms with Gasteiger partial charge in [0.05, 0.1) is 13.2 Å². The lowest BCUT2D eigenvalue weighted by Crippen LogP contribution is -2.45. The number of amides is 3. The van der Waals surface area contributed by atoms with E-state index in [0.717, 1.165) is 0 Å². The zero-order valence-electron chi connectivity index (χ0n) is 17.4. The molecule has 0 aliphatic heterocycles. The molecule has 0 aromatic heterocycles. The third kappa shape index (κ3) is 7.24. The monoisotopic (exact) mass is 389 g/mol. The van der Waals surface area contributed by atoms with Crippen LogP contribution in [0.5, 0.6) is 0 Å². The van der Waals surface area contributed by atoms with E-state index in [9.17, 15) is 9.59 Å². The molecular weight excluding hydrogens is 354 g/mol. The zero-order valence-corrected chi connectivity index (χ0v) is 17.4. The summed E-state index contributed by atoms with van der Waals surface area (Å²) < 4.78 is 4.86. The second-order valence-electron chi connectivity index (χ2n) is 7.90. The molecule has 1 aliphatic carbocycles. The third-order valence-electron chi connectivity index (χ3n) is 5.37. The molecule has 0 radical (unpaired) electrons. The fourth-order valence-electron chi connectivity index (χ4n) is 3.83. The maximum Gasteiger partial charge on any atom is 0.321 e.